The highest BCUT2D eigenvalue weighted by Gasteiger charge is 2.20. The maximum Gasteiger partial charge on any atom is 0.346 e. The second kappa shape index (κ2) is 5.29. The van der Waals surface area contributed by atoms with E-state index < -0.39 is 12.1 Å². The molecule has 68 valence electrons. The Balaban J connectivity index is 4.18. The molecule has 12 heavy (non-hydrogen) atoms. The SMILES string of the molecule is CCOC(=O)C(F)/C(N)=C/C=N. The van der Waals surface area contributed by atoms with Crippen LogP contribution in [0.5, 0.6) is 0 Å². The zero-order valence-corrected chi connectivity index (χ0v) is 6.71. The van der Waals surface area contributed by atoms with Crippen molar-refractivity contribution >= 4 is 12.2 Å². The molecule has 1 atom stereocenters. The fourth-order valence-electron chi connectivity index (χ4n) is 0.532. The Morgan fingerprint density at radius 2 is 2.42 bits per heavy atom. The highest BCUT2D eigenvalue weighted by Crippen LogP contribution is 2.02. The molecule has 1 unspecified atom stereocenters. The minimum Gasteiger partial charge on any atom is -0.464 e. The molecule has 0 heterocycles. The molecule has 0 radical (unpaired) electrons. The van der Waals surface area contributed by atoms with Gasteiger partial charge in [-0.15, -0.1) is 0 Å². The predicted molar refractivity (Wildman–Crippen MR) is 42.6 cm³/mol. The lowest BCUT2D eigenvalue weighted by Crippen LogP contribution is -2.25. The zero-order chi connectivity index (χ0) is 9.56. The monoisotopic (exact) mass is 174 g/mol. The molecule has 0 aliphatic rings. The molecule has 5 heteroatoms. The first kappa shape index (κ1) is 10.6. The van der Waals surface area contributed by atoms with E-state index in [1.807, 2.05) is 0 Å². The number of alkyl halides is 1. The largest absolute Gasteiger partial charge is 0.464 e. The Hall–Kier alpha value is -1.39. The van der Waals surface area contributed by atoms with Crippen molar-refractivity contribution in [3.8, 4) is 0 Å². The minimum atomic E-state index is -1.97. The van der Waals surface area contributed by atoms with E-state index in [4.69, 9.17) is 11.1 Å². The summed E-state index contributed by atoms with van der Waals surface area (Å²) >= 11 is 0. The van der Waals surface area contributed by atoms with Gasteiger partial charge in [0.1, 0.15) is 0 Å². The smallest absolute Gasteiger partial charge is 0.346 e. The van der Waals surface area contributed by atoms with Crippen LogP contribution in [0.25, 0.3) is 0 Å². The summed E-state index contributed by atoms with van der Waals surface area (Å²) in [6.07, 6.45) is -0.158. The van der Waals surface area contributed by atoms with Crippen molar-refractivity contribution in [1.29, 1.82) is 5.41 Å². The zero-order valence-electron chi connectivity index (χ0n) is 6.71. The molecule has 0 rings (SSSR count). The van der Waals surface area contributed by atoms with Crippen LogP contribution in [-0.4, -0.2) is 25.0 Å². The predicted octanol–water partition coefficient (Wildman–Crippen LogP) is 0.380. The van der Waals surface area contributed by atoms with Crippen LogP contribution in [0.15, 0.2) is 11.8 Å². The number of allylic oxidation sites excluding steroid dienone is 1. The summed E-state index contributed by atoms with van der Waals surface area (Å²) in [4.78, 5) is 10.7. The van der Waals surface area contributed by atoms with Gasteiger partial charge in [0.15, 0.2) is 0 Å². The first-order valence-corrected chi connectivity index (χ1v) is 3.40. The van der Waals surface area contributed by atoms with E-state index in [9.17, 15) is 9.18 Å². The van der Waals surface area contributed by atoms with Crippen molar-refractivity contribution in [3.63, 3.8) is 0 Å². The first-order chi connectivity index (χ1) is 5.63. The van der Waals surface area contributed by atoms with E-state index in [0.717, 1.165) is 12.3 Å². The van der Waals surface area contributed by atoms with Crippen LogP contribution in [0.3, 0.4) is 0 Å². The van der Waals surface area contributed by atoms with E-state index in [2.05, 4.69) is 4.74 Å². The number of nitrogens with one attached hydrogen (secondary N) is 1. The number of carbonyl (C=O) groups excluding carboxylic acids is 1. The maximum absolute atomic E-state index is 12.8. The summed E-state index contributed by atoms with van der Waals surface area (Å²) in [5.74, 6) is -1.02. The second-order valence-electron chi connectivity index (χ2n) is 1.95. The Bertz CT molecular complexity index is 204. The topological polar surface area (TPSA) is 76.2 Å². The van der Waals surface area contributed by atoms with E-state index in [-0.39, 0.29) is 12.3 Å². The van der Waals surface area contributed by atoms with Gasteiger partial charge in [-0.05, 0) is 13.0 Å². The van der Waals surface area contributed by atoms with E-state index >= 15 is 0 Å². The standard InChI is InChI=1S/C7H11FN2O2/c1-2-12-7(11)6(8)5(10)3-4-9/h3-4,6,9H,2,10H2,1H3/b5-3-,9-4?. The van der Waals surface area contributed by atoms with Crippen LogP contribution < -0.4 is 5.73 Å². The second-order valence-corrected chi connectivity index (χ2v) is 1.95. The summed E-state index contributed by atoms with van der Waals surface area (Å²) < 4.78 is 17.2. The lowest BCUT2D eigenvalue weighted by molar-refractivity contribution is -0.147. The average Bonchev–Trinajstić information content (AvgIpc) is 2.04. The normalized spacial score (nSPS) is 13.7. The van der Waals surface area contributed by atoms with Crippen LogP contribution in [0.2, 0.25) is 0 Å². The quantitative estimate of drug-likeness (QED) is 0.477. The lowest BCUT2D eigenvalue weighted by Gasteiger charge is -2.06. The van der Waals surface area contributed by atoms with Gasteiger partial charge in [-0.25, -0.2) is 9.18 Å². The van der Waals surface area contributed by atoms with Gasteiger partial charge in [0, 0.05) is 6.21 Å². The molecule has 0 amide bonds. The molecular weight excluding hydrogens is 163 g/mol. The summed E-state index contributed by atoms with van der Waals surface area (Å²) in [6.45, 7) is 1.68. The Morgan fingerprint density at radius 1 is 1.83 bits per heavy atom. The van der Waals surface area contributed by atoms with Crippen molar-refractivity contribution in [2.75, 3.05) is 6.61 Å². The molecule has 0 aromatic carbocycles. The maximum atomic E-state index is 12.8. The molecule has 0 saturated carbocycles. The van der Waals surface area contributed by atoms with E-state index in [1.165, 1.54) is 0 Å². The number of carbonyl (C=O) groups is 1. The van der Waals surface area contributed by atoms with Crippen molar-refractivity contribution in [2.45, 2.75) is 13.1 Å². The van der Waals surface area contributed by atoms with Crippen LogP contribution in [0, 0.1) is 5.41 Å². The summed E-state index contributed by atoms with van der Waals surface area (Å²) in [7, 11) is 0. The third-order valence-electron chi connectivity index (χ3n) is 1.06. The van der Waals surface area contributed by atoms with Gasteiger partial charge < -0.3 is 15.9 Å². The Labute approximate surface area is 69.7 Å². The van der Waals surface area contributed by atoms with Crippen LogP contribution >= 0.6 is 0 Å². The molecule has 0 spiro atoms. The number of hydrogen-bond donors (Lipinski definition) is 2. The van der Waals surface area contributed by atoms with Gasteiger partial charge in [0.2, 0.25) is 6.17 Å². The fraction of sp³-hybridized carbons (Fsp3) is 0.429. The van der Waals surface area contributed by atoms with Crippen molar-refractivity contribution in [2.24, 2.45) is 5.73 Å². The highest BCUT2D eigenvalue weighted by atomic mass is 19.1. The Kier molecular flexibility index (Phi) is 4.67. The third-order valence-corrected chi connectivity index (χ3v) is 1.06. The third kappa shape index (κ3) is 3.14. The van der Waals surface area contributed by atoms with Gasteiger partial charge in [-0.1, -0.05) is 0 Å². The number of ether oxygens (including phenoxy) is 1. The van der Waals surface area contributed by atoms with Gasteiger partial charge in [-0.2, -0.15) is 0 Å². The molecule has 0 saturated heterocycles. The van der Waals surface area contributed by atoms with Crippen LogP contribution in [0.4, 0.5) is 4.39 Å². The van der Waals surface area contributed by atoms with Crippen LogP contribution in [-0.2, 0) is 9.53 Å². The lowest BCUT2D eigenvalue weighted by atomic mass is 10.3. The van der Waals surface area contributed by atoms with Crippen molar-refractivity contribution < 1.29 is 13.9 Å². The van der Waals surface area contributed by atoms with E-state index in [1.54, 1.807) is 6.92 Å². The minimum absolute atomic E-state index is 0.108. The summed E-state index contributed by atoms with van der Waals surface area (Å²) in [5.41, 5.74) is 4.78. The summed E-state index contributed by atoms with van der Waals surface area (Å²) in [6, 6.07) is 0. The molecule has 3 N–H and O–H groups in total. The highest BCUT2D eigenvalue weighted by molar-refractivity contribution is 5.80. The molecule has 0 aromatic rings. The van der Waals surface area contributed by atoms with Gasteiger partial charge in [-0.3, -0.25) is 0 Å². The molecule has 0 aliphatic heterocycles. The molecule has 0 fully saturated rings. The molecule has 0 bridgehead atoms. The fourth-order valence-corrected chi connectivity index (χ4v) is 0.532. The first-order valence-electron chi connectivity index (χ1n) is 3.40. The molecule has 0 aliphatic carbocycles. The molecule has 4 nitrogen and oxygen atoms in total. The summed E-state index contributed by atoms with van der Waals surface area (Å²) in [5, 5.41) is 6.57. The number of hydrogen-bond acceptors (Lipinski definition) is 4. The Morgan fingerprint density at radius 3 is 2.83 bits per heavy atom. The van der Waals surface area contributed by atoms with Crippen molar-refractivity contribution in [3.05, 3.63) is 11.8 Å². The van der Waals surface area contributed by atoms with Gasteiger partial charge in [0.05, 0.1) is 12.3 Å². The number of rotatable bonds is 4. The number of esters is 1. The number of halogens is 1. The van der Waals surface area contributed by atoms with Crippen LogP contribution in [0.1, 0.15) is 6.92 Å². The van der Waals surface area contributed by atoms with Crippen molar-refractivity contribution in [1.82, 2.24) is 0 Å². The number of nitrogens with two attached hydrogens (primary N) is 1. The van der Waals surface area contributed by atoms with Gasteiger partial charge in [0.25, 0.3) is 0 Å². The average molecular weight is 174 g/mol. The molecule has 0 aromatic heterocycles. The molecular formula is C7H11FN2O2. The van der Waals surface area contributed by atoms with Gasteiger partial charge >= 0.3 is 5.97 Å². The van der Waals surface area contributed by atoms with E-state index in [0.29, 0.717) is 0 Å².